The van der Waals surface area contributed by atoms with Gasteiger partial charge in [0.05, 0.1) is 5.92 Å². The monoisotopic (exact) mass is 224 g/mol. The van der Waals surface area contributed by atoms with E-state index in [1.807, 2.05) is 0 Å². The van der Waals surface area contributed by atoms with Gasteiger partial charge in [-0.15, -0.1) is 0 Å². The van der Waals surface area contributed by atoms with Crippen LogP contribution in [-0.2, 0) is 4.79 Å². The number of carbonyl (C=O) groups excluding carboxylic acids is 1. The van der Waals surface area contributed by atoms with E-state index in [9.17, 15) is 4.79 Å². The minimum absolute atomic E-state index is 0.266. The lowest BCUT2D eigenvalue weighted by Crippen LogP contribution is -2.42. The first-order valence-electron chi connectivity index (χ1n) is 6.80. The Morgan fingerprint density at radius 2 is 2.06 bits per heavy atom. The number of hydrogen-bond donors (Lipinski definition) is 1. The first kappa shape index (κ1) is 11.9. The summed E-state index contributed by atoms with van der Waals surface area (Å²) >= 11 is 0. The number of hydrogen-bond acceptors (Lipinski definition) is 2. The van der Waals surface area contributed by atoms with Crippen LogP contribution in [0.25, 0.3) is 0 Å². The highest BCUT2D eigenvalue weighted by molar-refractivity contribution is 5.79. The highest BCUT2D eigenvalue weighted by Gasteiger charge is 2.29. The van der Waals surface area contributed by atoms with Crippen molar-refractivity contribution < 1.29 is 4.79 Å². The SMILES string of the molecule is CCCC1CCN(C(=O)C2CCNC2)CC1. The van der Waals surface area contributed by atoms with E-state index in [4.69, 9.17) is 0 Å². The highest BCUT2D eigenvalue weighted by Crippen LogP contribution is 2.23. The fourth-order valence-corrected chi connectivity index (χ4v) is 2.97. The molecule has 2 rings (SSSR count). The van der Waals surface area contributed by atoms with Crippen LogP contribution in [0.2, 0.25) is 0 Å². The first-order valence-corrected chi connectivity index (χ1v) is 6.80. The van der Waals surface area contributed by atoms with Crippen molar-refractivity contribution in [2.75, 3.05) is 26.2 Å². The molecule has 2 fully saturated rings. The molecule has 1 unspecified atom stereocenters. The van der Waals surface area contributed by atoms with E-state index < -0.39 is 0 Å². The second kappa shape index (κ2) is 5.67. The van der Waals surface area contributed by atoms with Crippen molar-refractivity contribution in [3.8, 4) is 0 Å². The van der Waals surface area contributed by atoms with Gasteiger partial charge < -0.3 is 10.2 Å². The summed E-state index contributed by atoms with van der Waals surface area (Å²) in [6, 6.07) is 0. The van der Waals surface area contributed by atoms with Crippen molar-refractivity contribution in [1.82, 2.24) is 10.2 Å². The molecule has 3 nitrogen and oxygen atoms in total. The molecule has 2 aliphatic heterocycles. The average molecular weight is 224 g/mol. The molecule has 0 aromatic carbocycles. The predicted molar refractivity (Wildman–Crippen MR) is 65.2 cm³/mol. The second-order valence-corrected chi connectivity index (χ2v) is 5.25. The summed E-state index contributed by atoms with van der Waals surface area (Å²) in [7, 11) is 0. The number of carbonyl (C=O) groups is 1. The van der Waals surface area contributed by atoms with Crippen molar-refractivity contribution in [2.24, 2.45) is 11.8 Å². The van der Waals surface area contributed by atoms with Gasteiger partial charge in [-0.05, 0) is 31.7 Å². The molecule has 1 N–H and O–H groups in total. The van der Waals surface area contributed by atoms with Gasteiger partial charge in [-0.3, -0.25) is 4.79 Å². The van der Waals surface area contributed by atoms with Crippen LogP contribution in [0.3, 0.4) is 0 Å². The largest absolute Gasteiger partial charge is 0.342 e. The number of amides is 1. The summed E-state index contributed by atoms with van der Waals surface area (Å²) in [5.41, 5.74) is 0. The molecule has 0 aromatic rings. The van der Waals surface area contributed by atoms with Crippen molar-refractivity contribution in [2.45, 2.75) is 39.0 Å². The van der Waals surface area contributed by atoms with Gasteiger partial charge in [0.2, 0.25) is 5.91 Å². The molecule has 2 heterocycles. The normalized spacial score (nSPS) is 27.3. The fourth-order valence-electron chi connectivity index (χ4n) is 2.97. The van der Waals surface area contributed by atoms with Crippen LogP contribution >= 0.6 is 0 Å². The van der Waals surface area contributed by atoms with Crippen LogP contribution in [0, 0.1) is 11.8 Å². The van der Waals surface area contributed by atoms with Crippen LogP contribution in [0.4, 0.5) is 0 Å². The van der Waals surface area contributed by atoms with E-state index in [1.165, 1.54) is 25.7 Å². The molecule has 92 valence electrons. The number of rotatable bonds is 3. The second-order valence-electron chi connectivity index (χ2n) is 5.25. The van der Waals surface area contributed by atoms with E-state index in [0.717, 1.165) is 38.5 Å². The van der Waals surface area contributed by atoms with Crippen LogP contribution in [0.5, 0.6) is 0 Å². The van der Waals surface area contributed by atoms with Crippen molar-refractivity contribution in [3.63, 3.8) is 0 Å². The Hall–Kier alpha value is -0.570. The summed E-state index contributed by atoms with van der Waals surface area (Å²) in [5.74, 6) is 1.54. The minimum Gasteiger partial charge on any atom is -0.342 e. The molecule has 0 bridgehead atoms. The molecule has 0 radical (unpaired) electrons. The zero-order chi connectivity index (χ0) is 11.4. The maximum atomic E-state index is 12.2. The molecule has 3 heteroatoms. The van der Waals surface area contributed by atoms with Crippen molar-refractivity contribution in [1.29, 1.82) is 0 Å². The summed E-state index contributed by atoms with van der Waals surface area (Å²) in [6.45, 7) is 6.16. The predicted octanol–water partition coefficient (Wildman–Crippen LogP) is 1.63. The van der Waals surface area contributed by atoms with E-state index in [1.54, 1.807) is 0 Å². The molecule has 2 saturated heterocycles. The number of nitrogens with zero attached hydrogens (tertiary/aromatic N) is 1. The first-order chi connectivity index (χ1) is 7.81. The third-order valence-electron chi connectivity index (χ3n) is 4.03. The van der Waals surface area contributed by atoms with E-state index in [-0.39, 0.29) is 5.92 Å². The van der Waals surface area contributed by atoms with Gasteiger partial charge in [-0.25, -0.2) is 0 Å². The Morgan fingerprint density at radius 1 is 1.31 bits per heavy atom. The summed E-state index contributed by atoms with van der Waals surface area (Å²) < 4.78 is 0. The number of likely N-dealkylation sites (tertiary alicyclic amines) is 1. The molecule has 1 atom stereocenters. The fraction of sp³-hybridized carbons (Fsp3) is 0.923. The zero-order valence-electron chi connectivity index (χ0n) is 10.4. The molecule has 1 amide bonds. The van der Waals surface area contributed by atoms with Gasteiger partial charge in [0.1, 0.15) is 0 Å². The van der Waals surface area contributed by atoms with E-state index in [2.05, 4.69) is 17.1 Å². The minimum atomic E-state index is 0.266. The lowest BCUT2D eigenvalue weighted by molar-refractivity contribution is -0.136. The van der Waals surface area contributed by atoms with Gasteiger partial charge in [0.25, 0.3) is 0 Å². The van der Waals surface area contributed by atoms with Crippen molar-refractivity contribution >= 4 is 5.91 Å². The molecule has 0 aliphatic carbocycles. The van der Waals surface area contributed by atoms with E-state index in [0.29, 0.717) is 5.91 Å². The lowest BCUT2D eigenvalue weighted by Gasteiger charge is -2.33. The maximum Gasteiger partial charge on any atom is 0.227 e. The zero-order valence-corrected chi connectivity index (χ0v) is 10.4. The third-order valence-corrected chi connectivity index (χ3v) is 4.03. The van der Waals surface area contributed by atoms with Crippen LogP contribution in [-0.4, -0.2) is 37.0 Å². The standard InChI is InChI=1S/C13H24N2O/c1-2-3-11-5-8-15(9-6-11)13(16)12-4-7-14-10-12/h11-12,14H,2-10H2,1H3. The highest BCUT2D eigenvalue weighted by atomic mass is 16.2. The molecular formula is C13H24N2O. The Morgan fingerprint density at radius 3 is 2.62 bits per heavy atom. The molecule has 16 heavy (non-hydrogen) atoms. The average Bonchev–Trinajstić information content (AvgIpc) is 2.83. The Kier molecular flexibility index (Phi) is 4.22. The lowest BCUT2D eigenvalue weighted by atomic mass is 9.92. The van der Waals surface area contributed by atoms with Gasteiger partial charge in [-0.2, -0.15) is 0 Å². The smallest absolute Gasteiger partial charge is 0.227 e. The molecule has 2 aliphatic rings. The molecule has 0 spiro atoms. The Labute approximate surface area is 98.6 Å². The summed E-state index contributed by atoms with van der Waals surface area (Å²) in [6.07, 6.45) is 6.10. The van der Waals surface area contributed by atoms with E-state index >= 15 is 0 Å². The quantitative estimate of drug-likeness (QED) is 0.790. The van der Waals surface area contributed by atoms with Crippen LogP contribution < -0.4 is 5.32 Å². The number of piperidine rings is 1. The van der Waals surface area contributed by atoms with Crippen LogP contribution in [0.1, 0.15) is 39.0 Å². The van der Waals surface area contributed by atoms with Gasteiger partial charge in [0, 0.05) is 19.6 Å². The third kappa shape index (κ3) is 2.76. The number of nitrogens with one attached hydrogen (secondary N) is 1. The van der Waals surface area contributed by atoms with Gasteiger partial charge in [-0.1, -0.05) is 19.8 Å². The Bertz CT molecular complexity index is 228. The summed E-state index contributed by atoms with van der Waals surface area (Å²) in [5, 5.41) is 3.27. The topological polar surface area (TPSA) is 32.3 Å². The van der Waals surface area contributed by atoms with Crippen LogP contribution in [0.15, 0.2) is 0 Å². The summed E-state index contributed by atoms with van der Waals surface area (Å²) in [4.78, 5) is 14.3. The van der Waals surface area contributed by atoms with Gasteiger partial charge in [0.15, 0.2) is 0 Å². The maximum absolute atomic E-state index is 12.2. The van der Waals surface area contributed by atoms with Crippen molar-refractivity contribution in [3.05, 3.63) is 0 Å². The molecular weight excluding hydrogens is 200 g/mol. The Balaban J connectivity index is 1.77. The molecule has 0 aromatic heterocycles. The molecule has 0 saturated carbocycles. The van der Waals surface area contributed by atoms with Gasteiger partial charge >= 0.3 is 0 Å².